The van der Waals surface area contributed by atoms with E-state index in [0.717, 1.165) is 31.4 Å². The van der Waals surface area contributed by atoms with Gasteiger partial charge in [0.15, 0.2) is 0 Å². The van der Waals surface area contributed by atoms with E-state index in [4.69, 9.17) is 0 Å². The molecule has 0 spiro atoms. The van der Waals surface area contributed by atoms with E-state index in [1.807, 2.05) is 36.4 Å². The quantitative estimate of drug-likeness (QED) is 0.359. The first-order chi connectivity index (χ1) is 15.1. The van der Waals surface area contributed by atoms with E-state index in [0.29, 0.717) is 31.6 Å². The third-order valence-electron chi connectivity index (χ3n) is 6.01. The van der Waals surface area contributed by atoms with Crippen molar-refractivity contribution in [2.75, 3.05) is 6.54 Å². The van der Waals surface area contributed by atoms with Gasteiger partial charge in [-0.1, -0.05) is 60.7 Å². The summed E-state index contributed by atoms with van der Waals surface area (Å²) in [5.41, 5.74) is 2.22. The Morgan fingerprint density at radius 2 is 2.00 bits per heavy atom. The monoisotopic (exact) mass is 421 g/mol. The van der Waals surface area contributed by atoms with Crippen molar-refractivity contribution in [2.24, 2.45) is 11.8 Å². The molecule has 4 heteroatoms. The number of ketones is 1. The van der Waals surface area contributed by atoms with Gasteiger partial charge in [0.25, 0.3) is 0 Å². The average Bonchev–Trinajstić information content (AvgIpc) is 3.55. The number of hydrogen-bond acceptors (Lipinski definition) is 3. The lowest BCUT2D eigenvalue weighted by Crippen LogP contribution is -2.24. The maximum atomic E-state index is 12.2. The minimum absolute atomic E-state index is 0.115. The van der Waals surface area contributed by atoms with Crippen molar-refractivity contribution in [3.63, 3.8) is 0 Å². The second-order valence-electron chi connectivity index (χ2n) is 8.72. The lowest BCUT2D eigenvalue weighted by atomic mass is 9.95. The Kier molecular flexibility index (Phi) is 9.29. The first kappa shape index (κ1) is 23.2. The van der Waals surface area contributed by atoms with Gasteiger partial charge in [-0.15, -0.1) is 0 Å². The molecule has 31 heavy (non-hydrogen) atoms. The largest absolute Gasteiger partial charge is 0.389 e. The summed E-state index contributed by atoms with van der Waals surface area (Å²) >= 11 is 0. The number of carbonyl (C=O) groups excluding carboxylic acids is 2. The number of carbonyl (C=O) groups is 2. The number of amides is 1. The summed E-state index contributed by atoms with van der Waals surface area (Å²) in [7, 11) is 0. The van der Waals surface area contributed by atoms with Gasteiger partial charge in [0.05, 0.1) is 6.10 Å². The summed E-state index contributed by atoms with van der Waals surface area (Å²) in [4.78, 5) is 24.0. The van der Waals surface area contributed by atoms with Gasteiger partial charge >= 0.3 is 0 Å². The van der Waals surface area contributed by atoms with E-state index in [-0.39, 0.29) is 17.6 Å². The molecule has 1 fully saturated rings. The fourth-order valence-corrected chi connectivity index (χ4v) is 3.82. The van der Waals surface area contributed by atoms with Gasteiger partial charge in [0.1, 0.15) is 5.78 Å². The first-order valence-electron chi connectivity index (χ1n) is 11.7. The number of aryl methyl sites for hydroxylation is 1. The number of benzene rings is 1. The third kappa shape index (κ3) is 8.66. The van der Waals surface area contributed by atoms with Gasteiger partial charge in [0, 0.05) is 25.3 Å². The van der Waals surface area contributed by atoms with Crippen LogP contribution in [0.5, 0.6) is 0 Å². The topological polar surface area (TPSA) is 66.4 Å². The van der Waals surface area contributed by atoms with Gasteiger partial charge in [-0.2, -0.15) is 0 Å². The highest BCUT2D eigenvalue weighted by Crippen LogP contribution is 2.28. The summed E-state index contributed by atoms with van der Waals surface area (Å²) in [5, 5.41) is 13.3. The molecule has 0 aliphatic heterocycles. The van der Waals surface area contributed by atoms with Crippen molar-refractivity contribution in [3.05, 3.63) is 71.8 Å². The molecule has 2 aliphatic rings. The lowest BCUT2D eigenvalue weighted by molar-refractivity contribution is -0.121. The molecule has 1 amide bonds. The number of hydrogen-bond donors (Lipinski definition) is 2. The van der Waals surface area contributed by atoms with Crippen molar-refractivity contribution < 1.29 is 14.7 Å². The number of unbranched alkanes of at least 4 members (excludes halogenated alkanes) is 1. The zero-order chi connectivity index (χ0) is 21.9. The highest BCUT2D eigenvalue weighted by Gasteiger charge is 2.24. The molecule has 1 aromatic carbocycles. The molecule has 0 aromatic heterocycles. The van der Waals surface area contributed by atoms with Gasteiger partial charge in [-0.3, -0.25) is 9.59 Å². The Hall–Kier alpha value is -2.46. The summed E-state index contributed by atoms with van der Waals surface area (Å²) < 4.78 is 0. The van der Waals surface area contributed by atoms with Crippen molar-refractivity contribution in [3.8, 4) is 0 Å². The Balaban J connectivity index is 1.34. The van der Waals surface area contributed by atoms with Crippen LogP contribution < -0.4 is 5.32 Å². The molecule has 0 heterocycles. The van der Waals surface area contributed by atoms with Gasteiger partial charge in [-0.05, 0) is 62.0 Å². The van der Waals surface area contributed by atoms with E-state index in [9.17, 15) is 14.7 Å². The predicted molar refractivity (Wildman–Crippen MR) is 124 cm³/mol. The summed E-state index contributed by atoms with van der Waals surface area (Å²) in [6.45, 7) is 0.835. The fraction of sp³-hybridized carbons (Fsp3) is 0.481. The molecule has 0 radical (unpaired) electrons. The van der Waals surface area contributed by atoms with E-state index in [1.54, 1.807) is 0 Å². The van der Waals surface area contributed by atoms with Crippen LogP contribution in [-0.2, 0) is 16.0 Å². The molecule has 2 aliphatic carbocycles. The maximum Gasteiger partial charge on any atom is 0.220 e. The zero-order valence-electron chi connectivity index (χ0n) is 18.3. The molecule has 0 saturated heterocycles. The highest BCUT2D eigenvalue weighted by molar-refractivity contribution is 5.89. The number of rotatable bonds is 13. The number of nitrogens with one attached hydrogen (secondary N) is 1. The number of aliphatic hydroxyl groups is 1. The van der Waals surface area contributed by atoms with Crippen LogP contribution in [-0.4, -0.2) is 29.4 Å². The number of aliphatic hydroxyl groups excluding tert-OH is 1. The van der Waals surface area contributed by atoms with Crippen LogP contribution >= 0.6 is 0 Å². The predicted octanol–water partition coefficient (Wildman–Crippen LogP) is 4.69. The molecular formula is C27H35NO3. The number of allylic oxidation sites excluding steroid dienone is 5. The Bertz CT molecular complexity index is 805. The minimum atomic E-state index is -0.515. The number of Topliss-reactive ketones (excluding diaryl/α,β-unsaturated/α-hetero) is 1. The summed E-state index contributed by atoms with van der Waals surface area (Å²) in [6.07, 6.45) is 16.7. The summed E-state index contributed by atoms with van der Waals surface area (Å²) in [5.74, 6) is 0.986. The minimum Gasteiger partial charge on any atom is -0.389 e. The Labute approximate surface area is 186 Å². The molecule has 1 unspecified atom stereocenters. The molecule has 166 valence electrons. The Morgan fingerprint density at radius 1 is 1.19 bits per heavy atom. The van der Waals surface area contributed by atoms with Gasteiger partial charge in [-0.25, -0.2) is 0 Å². The summed E-state index contributed by atoms with van der Waals surface area (Å²) in [6, 6.07) is 10.1. The molecular weight excluding hydrogens is 386 g/mol. The molecule has 4 nitrogen and oxygen atoms in total. The van der Waals surface area contributed by atoms with E-state index < -0.39 is 6.10 Å². The van der Waals surface area contributed by atoms with Crippen LogP contribution in [0.1, 0.15) is 56.9 Å². The molecule has 2 N–H and O–H groups in total. The smallest absolute Gasteiger partial charge is 0.220 e. The van der Waals surface area contributed by atoms with Crippen molar-refractivity contribution in [1.29, 1.82) is 0 Å². The fourth-order valence-electron chi connectivity index (χ4n) is 3.82. The maximum absolute atomic E-state index is 12.2. The SMILES string of the molecule is O=C(CCC/C=C\CC1C(=O)CC=C1/C=C/[C@@H](O)CCc1ccccc1)NCC1CC1. The normalized spacial score (nSPS) is 19.8. The average molecular weight is 422 g/mol. The molecule has 3 rings (SSSR count). The Morgan fingerprint density at radius 3 is 2.77 bits per heavy atom. The van der Waals surface area contributed by atoms with Crippen molar-refractivity contribution in [1.82, 2.24) is 5.32 Å². The molecule has 1 saturated carbocycles. The van der Waals surface area contributed by atoms with Crippen molar-refractivity contribution >= 4 is 11.7 Å². The second-order valence-corrected chi connectivity index (χ2v) is 8.72. The second kappa shape index (κ2) is 12.4. The third-order valence-corrected chi connectivity index (χ3v) is 6.01. The van der Waals surface area contributed by atoms with Gasteiger partial charge in [0.2, 0.25) is 5.91 Å². The van der Waals surface area contributed by atoms with E-state index >= 15 is 0 Å². The van der Waals surface area contributed by atoms with Crippen LogP contribution in [0.4, 0.5) is 0 Å². The van der Waals surface area contributed by atoms with Crippen LogP contribution in [0.15, 0.2) is 66.3 Å². The zero-order valence-corrected chi connectivity index (χ0v) is 18.3. The van der Waals surface area contributed by atoms with Crippen LogP contribution in [0.2, 0.25) is 0 Å². The van der Waals surface area contributed by atoms with Crippen LogP contribution in [0, 0.1) is 11.8 Å². The lowest BCUT2D eigenvalue weighted by Gasteiger charge is -2.10. The standard InChI is InChI=1S/C27H35NO3/c29-24(17-14-21-8-4-3-5-9-21)18-15-23-16-19-26(30)25(23)10-6-1-2-7-11-27(31)28-20-22-12-13-22/h1,3-6,8-9,15-16,18,22,24-25,29H,2,7,10-14,17,19-20H2,(H,28,31)/b6-1-,18-15+/t24-,25?/m0/s1. The first-order valence-corrected chi connectivity index (χ1v) is 11.7. The van der Waals surface area contributed by atoms with E-state index in [1.165, 1.54) is 18.4 Å². The molecule has 1 aromatic rings. The van der Waals surface area contributed by atoms with Crippen LogP contribution in [0.3, 0.4) is 0 Å². The highest BCUT2D eigenvalue weighted by atomic mass is 16.3. The molecule has 0 bridgehead atoms. The van der Waals surface area contributed by atoms with Gasteiger partial charge < -0.3 is 10.4 Å². The molecule has 2 atom stereocenters. The van der Waals surface area contributed by atoms with Crippen LogP contribution in [0.25, 0.3) is 0 Å². The van der Waals surface area contributed by atoms with E-state index in [2.05, 4.69) is 29.6 Å². The van der Waals surface area contributed by atoms with Crippen molar-refractivity contribution in [2.45, 2.75) is 63.9 Å².